The largest absolute Gasteiger partial charge is 0.478 e. The van der Waals surface area contributed by atoms with Crippen molar-refractivity contribution in [3.8, 4) is 0 Å². The SMILES string of the molecule is Cc1ccc(C(=O)O)cc1N=Cc1ccn(C(C)C)c1. The summed E-state index contributed by atoms with van der Waals surface area (Å²) in [7, 11) is 0. The Kier molecular flexibility index (Phi) is 4.03. The third-order valence-corrected chi connectivity index (χ3v) is 3.14. The van der Waals surface area contributed by atoms with Crippen LogP contribution in [0.25, 0.3) is 0 Å². The molecule has 0 aliphatic heterocycles. The summed E-state index contributed by atoms with van der Waals surface area (Å²) in [6, 6.07) is 7.35. The summed E-state index contributed by atoms with van der Waals surface area (Å²) >= 11 is 0. The third kappa shape index (κ3) is 3.15. The van der Waals surface area contributed by atoms with E-state index in [1.54, 1.807) is 24.4 Å². The van der Waals surface area contributed by atoms with Crippen molar-refractivity contribution in [2.24, 2.45) is 4.99 Å². The van der Waals surface area contributed by atoms with Gasteiger partial charge in [-0.1, -0.05) is 6.07 Å². The third-order valence-electron chi connectivity index (χ3n) is 3.14. The van der Waals surface area contributed by atoms with Gasteiger partial charge in [0.05, 0.1) is 11.3 Å². The molecule has 4 heteroatoms. The van der Waals surface area contributed by atoms with Crippen LogP contribution < -0.4 is 0 Å². The van der Waals surface area contributed by atoms with Crippen LogP contribution in [0.4, 0.5) is 5.69 Å². The number of aryl methyl sites for hydroxylation is 1. The minimum absolute atomic E-state index is 0.252. The van der Waals surface area contributed by atoms with E-state index in [9.17, 15) is 4.79 Å². The lowest BCUT2D eigenvalue weighted by Gasteiger charge is -2.04. The highest BCUT2D eigenvalue weighted by Gasteiger charge is 2.05. The second kappa shape index (κ2) is 5.74. The van der Waals surface area contributed by atoms with Crippen molar-refractivity contribution in [1.82, 2.24) is 4.57 Å². The fourth-order valence-electron chi connectivity index (χ4n) is 1.85. The fraction of sp³-hybridized carbons (Fsp3) is 0.250. The number of carbonyl (C=O) groups is 1. The number of aliphatic imine (C=N–C) groups is 1. The number of nitrogens with zero attached hydrogens (tertiary/aromatic N) is 2. The standard InChI is InChI=1S/C16H18N2O2/c1-11(2)18-7-6-13(10-18)9-17-15-8-14(16(19)20)5-4-12(15)3/h4-11H,1-3H3,(H,19,20). The summed E-state index contributed by atoms with van der Waals surface area (Å²) in [5.41, 5.74) is 2.89. The molecule has 0 fully saturated rings. The predicted octanol–water partition coefficient (Wildman–Crippen LogP) is 3.83. The van der Waals surface area contributed by atoms with Gasteiger partial charge in [-0.3, -0.25) is 4.99 Å². The van der Waals surface area contributed by atoms with Crippen molar-refractivity contribution >= 4 is 17.9 Å². The molecular weight excluding hydrogens is 252 g/mol. The van der Waals surface area contributed by atoms with Gasteiger partial charge in [0.15, 0.2) is 0 Å². The first-order chi connectivity index (χ1) is 9.47. The molecule has 0 atom stereocenters. The van der Waals surface area contributed by atoms with E-state index in [2.05, 4.69) is 23.4 Å². The van der Waals surface area contributed by atoms with Crippen molar-refractivity contribution < 1.29 is 9.90 Å². The zero-order valence-electron chi connectivity index (χ0n) is 11.9. The molecule has 2 rings (SSSR count). The molecule has 0 spiro atoms. The van der Waals surface area contributed by atoms with Gasteiger partial charge in [0.2, 0.25) is 0 Å². The number of aromatic carboxylic acids is 1. The highest BCUT2D eigenvalue weighted by atomic mass is 16.4. The summed E-state index contributed by atoms with van der Waals surface area (Å²) in [6.07, 6.45) is 5.78. The molecule has 104 valence electrons. The van der Waals surface area contributed by atoms with Gasteiger partial charge in [0.25, 0.3) is 0 Å². The monoisotopic (exact) mass is 270 g/mol. The van der Waals surface area contributed by atoms with E-state index in [0.717, 1.165) is 11.1 Å². The first-order valence-electron chi connectivity index (χ1n) is 6.53. The van der Waals surface area contributed by atoms with Crippen molar-refractivity contribution in [3.05, 3.63) is 53.3 Å². The quantitative estimate of drug-likeness (QED) is 0.858. The molecule has 0 aliphatic rings. The Labute approximate surface area is 118 Å². The van der Waals surface area contributed by atoms with Crippen molar-refractivity contribution in [2.75, 3.05) is 0 Å². The molecule has 1 heterocycles. The van der Waals surface area contributed by atoms with E-state index in [0.29, 0.717) is 11.7 Å². The maximum absolute atomic E-state index is 11.0. The van der Waals surface area contributed by atoms with E-state index < -0.39 is 5.97 Å². The molecule has 2 aromatic rings. The summed E-state index contributed by atoms with van der Waals surface area (Å²) in [6.45, 7) is 6.14. The van der Waals surface area contributed by atoms with Gasteiger partial charge in [-0.2, -0.15) is 0 Å². The average molecular weight is 270 g/mol. The molecule has 0 bridgehead atoms. The molecule has 0 radical (unpaired) electrons. The maximum Gasteiger partial charge on any atom is 0.335 e. The summed E-state index contributed by atoms with van der Waals surface area (Å²) in [5, 5.41) is 8.99. The number of rotatable bonds is 4. The lowest BCUT2D eigenvalue weighted by atomic mass is 10.1. The van der Waals surface area contributed by atoms with Gasteiger partial charge in [-0.05, 0) is 44.5 Å². The molecule has 0 saturated carbocycles. The van der Waals surface area contributed by atoms with Crippen LogP contribution in [-0.4, -0.2) is 21.9 Å². The van der Waals surface area contributed by atoms with E-state index in [4.69, 9.17) is 5.11 Å². The zero-order chi connectivity index (χ0) is 14.7. The van der Waals surface area contributed by atoms with Crippen LogP contribution in [0.15, 0.2) is 41.7 Å². The van der Waals surface area contributed by atoms with Crippen molar-refractivity contribution in [2.45, 2.75) is 26.8 Å². The molecule has 0 saturated heterocycles. The van der Waals surface area contributed by atoms with Crippen molar-refractivity contribution in [3.63, 3.8) is 0 Å². The molecule has 1 N–H and O–H groups in total. The first-order valence-corrected chi connectivity index (χ1v) is 6.53. The molecule has 0 aliphatic carbocycles. The van der Waals surface area contributed by atoms with Gasteiger partial charge in [0, 0.05) is 30.2 Å². The van der Waals surface area contributed by atoms with Gasteiger partial charge < -0.3 is 9.67 Å². The average Bonchev–Trinajstić information content (AvgIpc) is 2.86. The minimum atomic E-state index is -0.938. The molecular formula is C16H18N2O2. The number of hydrogen-bond donors (Lipinski definition) is 1. The molecule has 20 heavy (non-hydrogen) atoms. The Balaban J connectivity index is 2.26. The summed E-state index contributed by atoms with van der Waals surface area (Å²) < 4.78 is 2.10. The van der Waals surface area contributed by atoms with Gasteiger partial charge >= 0.3 is 5.97 Å². The van der Waals surface area contributed by atoms with Crippen LogP contribution in [0.1, 0.15) is 41.4 Å². The van der Waals surface area contributed by atoms with E-state index >= 15 is 0 Å². The highest BCUT2D eigenvalue weighted by Crippen LogP contribution is 2.20. The lowest BCUT2D eigenvalue weighted by Crippen LogP contribution is -1.96. The Bertz CT molecular complexity index is 654. The van der Waals surface area contributed by atoms with Gasteiger partial charge in [0.1, 0.15) is 0 Å². The number of aromatic nitrogens is 1. The number of carboxylic acids is 1. The zero-order valence-corrected chi connectivity index (χ0v) is 11.9. The normalized spacial score (nSPS) is 11.4. The second-order valence-corrected chi connectivity index (χ2v) is 5.05. The van der Waals surface area contributed by atoms with Crippen LogP contribution in [0.2, 0.25) is 0 Å². The van der Waals surface area contributed by atoms with Crippen LogP contribution in [0, 0.1) is 6.92 Å². The number of carboxylic acid groups (broad SMARTS) is 1. The van der Waals surface area contributed by atoms with E-state index in [1.807, 2.05) is 25.4 Å². The number of hydrogen-bond acceptors (Lipinski definition) is 2. The molecule has 4 nitrogen and oxygen atoms in total. The van der Waals surface area contributed by atoms with Crippen LogP contribution in [0.5, 0.6) is 0 Å². The molecule has 1 aromatic carbocycles. The Morgan fingerprint density at radius 3 is 2.70 bits per heavy atom. The smallest absolute Gasteiger partial charge is 0.335 e. The van der Waals surface area contributed by atoms with E-state index in [-0.39, 0.29) is 5.56 Å². The molecule has 0 unspecified atom stereocenters. The Morgan fingerprint density at radius 2 is 2.10 bits per heavy atom. The minimum Gasteiger partial charge on any atom is -0.478 e. The second-order valence-electron chi connectivity index (χ2n) is 5.05. The molecule has 0 amide bonds. The number of benzene rings is 1. The van der Waals surface area contributed by atoms with Gasteiger partial charge in [-0.25, -0.2) is 4.79 Å². The summed E-state index contributed by atoms with van der Waals surface area (Å²) in [4.78, 5) is 15.4. The highest BCUT2D eigenvalue weighted by molar-refractivity contribution is 5.89. The Hall–Kier alpha value is -2.36. The van der Waals surface area contributed by atoms with Crippen LogP contribution in [-0.2, 0) is 0 Å². The molecule has 1 aromatic heterocycles. The topological polar surface area (TPSA) is 54.6 Å². The summed E-state index contributed by atoms with van der Waals surface area (Å²) in [5.74, 6) is -0.938. The van der Waals surface area contributed by atoms with Gasteiger partial charge in [-0.15, -0.1) is 0 Å². The first kappa shape index (κ1) is 14.1. The Morgan fingerprint density at radius 1 is 1.35 bits per heavy atom. The van der Waals surface area contributed by atoms with Crippen LogP contribution in [0.3, 0.4) is 0 Å². The maximum atomic E-state index is 11.0. The predicted molar refractivity (Wildman–Crippen MR) is 80.2 cm³/mol. The van der Waals surface area contributed by atoms with E-state index in [1.165, 1.54) is 0 Å². The fourth-order valence-corrected chi connectivity index (χ4v) is 1.85. The lowest BCUT2D eigenvalue weighted by molar-refractivity contribution is 0.0697. The van der Waals surface area contributed by atoms with Crippen molar-refractivity contribution in [1.29, 1.82) is 0 Å². The van der Waals surface area contributed by atoms with Crippen LogP contribution >= 0.6 is 0 Å².